The third kappa shape index (κ3) is 4.65. The van der Waals surface area contributed by atoms with Crippen LogP contribution in [0.5, 0.6) is 0 Å². The van der Waals surface area contributed by atoms with Gasteiger partial charge in [0.2, 0.25) is 0 Å². The number of benzene rings is 2. The molecular formula is C23H25ClN4OS. The van der Waals surface area contributed by atoms with Crippen LogP contribution in [0.3, 0.4) is 0 Å². The molecule has 0 atom stereocenters. The largest absolute Gasteiger partial charge is 0.338 e. The van der Waals surface area contributed by atoms with Crippen molar-refractivity contribution in [1.82, 2.24) is 15.6 Å². The van der Waals surface area contributed by atoms with Crippen LogP contribution in [-0.2, 0) is 0 Å². The highest BCUT2D eigenvalue weighted by Crippen LogP contribution is 2.48. The fourth-order valence-electron chi connectivity index (χ4n) is 3.56. The lowest BCUT2D eigenvalue weighted by Gasteiger charge is -2.32. The minimum Gasteiger partial charge on any atom is -0.338 e. The zero-order valence-electron chi connectivity index (χ0n) is 17.0. The number of rotatable bonds is 7. The summed E-state index contributed by atoms with van der Waals surface area (Å²) in [7, 11) is 0. The third-order valence-electron chi connectivity index (χ3n) is 5.03. The Hall–Kier alpha value is -2.44. The minimum absolute atomic E-state index is 0.163. The molecule has 5 nitrogen and oxygen atoms in total. The SMILES string of the molecule is Cc1ccc2c(c1)Sc1cc3ccccc3nc1N2CCCCNC(=O)NCCCl. The average Bonchev–Trinajstić information content (AvgIpc) is 2.75. The second-order valence-corrected chi connectivity index (χ2v) is 8.77. The fourth-order valence-corrected chi connectivity index (χ4v) is 4.85. The first-order valence-corrected chi connectivity index (χ1v) is 11.5. The molecule has 1 aromatic heterocycles. The third-order valence-corrected chi connectivity index (χ3v) is 6.28. The second kappa shape index (κ2) is 9.58. The number of fused-ring (bicyclic) bond motifs is 3. The number of pyridine rings is 1. The summed E-state index contributed by atoms with van der Waals surface area (Å²) < 4.78 is 0. The molecule has 156 valence electrons. The van der Waals surface area contributed by atoms with Crippen LogP contribution in [0.1, 0.15) is 18.4 Å². The lowest BCUT2D eigenvalue weighted by molar-refractivity contribution is 0.241. The molecular weight excluding hydrogens is 416 g/mol. The zero-order valence-corrected chi connectivity index (χ0v) is 18.5. The summed E-state index contributed by atoms with van der Waals surface area (Å²) in [6, 6.07) is 16.9. The van der Waals surface area contributed by atoms with Crippen LogP contribution in [0.4, 0.5) is 16.3 Å². The Morgan fingerprint density at radius 3 is 2.77 bits per heavy atom. The molecule has 3 aromatic rings. The van der Waals surface area contributed by atoms with Gasteiger partial charge in [0.25, 0.3) is 0 Å². The Morgan fingerprint density at radius 2 is 1.90 bits per heavy atom. The molecule has 2 N–H and O–H groups in total. The van der Waals surface area contributed by atoms with E-state index in [1.54, 1.807) is 11.8 Å². The number of carbonyl (C=O) groups excluding carboxylic acids is 1. The number of anilines is 2. The maximum absolute atomic E-state index is 11.6. The summed E-state index contributed by atoms with van der Waals surface area (Å²) in [5, 5.41) is 6.75. The van der Waals surface area contributed by atoms with Gasteiger partial charge in [-0.05, 0) is 49.6 Å². The van der Waals surface area contributed by atoms with E-state index in [9.17, 15) is 4.79 Å². The second-order valence-electron chi connectivity index (χ2n) is 7.31. The maximum atomic E-state index is 11.6. The molecule has 4 rings (SSSR count). The van der Waals surface area contributed by atoms with Crippen molar-refractivity contribution < 1.29 is 4.79 Å². The molecule has 0 radical (unpaired) electrons. The van der Waals surface area contributed by atoms with E-state index in [0.717, 1.165) is 36.1 Å². The smallest absolute Gasteiger partial charge is 0.314 e. The molecule has 1 aliphatic rings. The molecule has 1 aliphatic heterocycles. The van der Waals surface area contributed by atoms with Crippen LogP contribution >= 0.6 is 23.4 Å². The van der Waals surface area contributed by atoms with Crippen molar-refractivity contribution in [2.75, 3.05) is 30.4 Å². The number of urea groups is 1. The predicted molar refractivity (Wildman–Crippen MR) is 125 cm³/mol. The Kier molecular flexibility index (Phi) is 6.65. The van der Waals surface area contributed by atoms with Crippen molar-refractivity contribution in [2.24, 2.45) is 0 Å². The molecule has 0 saturated carbocycles. The summed E-state index contributed by atoms with van der Waals surface area (Å²) in [4.78, 5) is 21.4. The van der Waals surface area contributed by atoms with E-state index in [-0.39, 0.29) is 6.03 Å². The first kappa shape index (κ1) is 20.8. The number of hydrogen-bond acceptors (Lipinski definition) is 4. The molecule has 0 aliphatic carbocycles. The van der Waals surface area contributed by atoms with Gasteiger partial charge in [-0.1, -0.05) is 36.0 Å². The van der Waals surface area contributed by atoms with Crippen LogP contribution in [0, 0.1) is 6.92 Å². The predicted octanol–water partition coefficient (Wildman–Crippen LogP) is 5.46. The van der Waals surface area contributed by atoms with Crippen molar-refractivity contribution in [1.29, 1.82) is 0 Å². The van der Waals surface area contributed by atoms with Crippen molar-refractivity contribution in [2.45, 2.75) is 29.6 Å². The number of alkyl halides is 1. The first-order chi connectivity index (χ1) is 14.7. The van der Waals surface area contributed by atoms with Crippen LogP contribution < -0.4 is 15.5 Å². The highest BCUT2D eigenvalue weighted by molar-refractivity contribution is 7.99. The van der Waals surface area contributed by atoms with Gasteiger partial charge in [-0.2, -0.15) is 0 Å². The van der Waals surface area contributed by atoms with Crippen molar-refractivity contribution >= 4 is 51.8 Å². The van der Waals surface area contributed by atoms with Gasteiger partial charge in [0, 0.05) is 35.8 Å². The van der Waals surface area contributed by atoms with Gasteiger partial charge in [0.1, 0.15) is 5.82 Å². The summed E-state index contributed by atoms with van der Waals surface area (Å²) in [6.07, 6.45) is 1.84. The first-order valence-electron chi connectivity index (χ1n) is 10.2. The summed E-state index contributed by atoms with van der Waals surface area (Å²) in [5.41, 5.74) is 3.47. The van der Waals surface area contributed by atoms with Crippen molar-refractivity contribution in [3.8, 4) is 0 Å². The lowest BCUT2D eigenvalue weighted by Crippen LogP contribution is -2.37. The van der Waals surface area contributed by atoms with Gasteiger partial charge in [0.05, 0.1) is 16.1 Å². The molecule has 7 heteroatoms. The Balaban J connectivity index is 1.50. The number of aryl methyl sites for hydroxylation is 1. The van der Waals surface area contributed by atoms with Gasteiger partial charge in [-0.15, -0.1) is 11.6 Å². The Bertz CT molecular complexity index is 1060. The quantitative estimate of drug-likeness (QED) is 0.378. The standard InChI is InChI=1S/C23H25ClN4OS/c1-16-8-9-19-20(14-16)30-21-15-17-6-2-3-7-18(17)27-22(21)28(19)13-5-4-11-25-23(29)26-12-10-24/h2-3,6-9,14-15H,4-5,10-13H2,1H3,(H2,25,26,29). The number of unbranched alkanes of at least 4 members (excludes halogenated alkanes) is 1. The molecule has 0 fully saturated rings. The van der Waals surface area contributed by atoms with Crippen LogP contribution in [0.15, 0.2) is 58.3 Å². The summed E-state index contributed by atoms with van der Waals surface area (Å²) in [6.45, 7) is 4.08. The molecule has 0 saturated heterocycles. The number of amides is 2. The zero-order chi connectivity index (χ0) is 20.9. The monoisotopic (exact) mass is 440 g/mol. The number of carbonyl (C=O) groups is 1. The minimum atomic E-state index is -0.163. The number of aromatic nitrogens is 1. The molecule has 0 bridgehead atoms. The fraction of sp³-hybridized carbons (Fsp3) is 0.304. The number of para-hydroxylation sites is 1. The highest BCUT2D eigenvalue weighted by Gasteiger charge is 2.25. The average molecular weight is 441 g/mol. The number of halogens is 1. The maximum Gasteiger partial charge on any atom is 0.314 e. The molecule has 2 aromatic carbocycles. The topological polar surface area (TPSA) is 57.3 Å². The van der Waals surface area contributed by atoms with E-state index < -0.39 is 0 Å². The number of nitrogens with one attached hydrogen (secondary N) is 2. The van der Waals surface area contributed by atoms with Crippen molar-refractivity contribution in [3.63, 3.8) is 0 Å². The van der Waals surface area contributed by atoms with Crippen LogP contribution in [0.25, 0.3) is 10.9 Å². The van der Waals surface area contributed by atoms with E-state index in [2.05, 4.69) is 64.9 Å². The van der Waals surface area contributed by atoms with Gasteiger partial charge in [0.15, 0.2) is 0 Å². The number of nitrogens with zero attached hydrogens (tertiary/aromatic N) is 2. The lowest BCUT2D eigenvalue weighted by atomic mass is 10.1. The Morgan fingerprint density at radius 1 is 1.07 bits per heavy atom. The molecule has 2 amide bonds. The van der Waals surface area contributed by atoms with Gasteiger partial charge in [-0.3, -0.25) is 0 Å². The highest BCUT2D eigenvalue weighted by atomic mass is 35.5. The van der Waals surface area contributed by atoms with E-state index in [1.165, 1.54) is 21.0 Å². The van der Waals surface area contributed by atoms with E-state index in [4.69, 9.17) is 16.6 Å². The molecule has 0 spiro atoms. The van der Waals surface area contributed by atoms with E-state index >= 15 is 0 Å². The molecule has 2 heterocycles. The molecule has 30 heavy (non-hydrogen) atoms. The Labute approximate surface area is 186 Å². The van der Waals surface area contributed by atoms with Gasteiger partial charge >= 0.3 is 6.03 Å². The van der Waals surface area contributed by atoms with Gasteiger partial charge in [-0.25, -0.2) is 9.78 Å². The van der Waals surface area contributed by atoms with E-state index in [1.807, 2.05) is 6.07 Å². The van der Waals surface area contributed by atoms with Crippen LogP contribution in [0.2, 0.25) is 0 Å². The van der Waals surface area contributed by atoms with Gasteiger partial charge < -0.3 is 15.5 Å². The molecule has 0 unspecified atom stereocenters. The van der Waals surface area contributed by atoms with Crippen molar-refractivity contribution in [3.05, 3.63) is 54.1 Å². The summed E-state index contributed by atoms with van der Waals surface area (Å²) in [5.74, 6) is 1.43. The number of hydrogen-bond donors (Lipinski definition) is 2. The van der Waals surface area contributed by atoms with Crippen LogP contribution in [-0.4, -0.2) is 36.5 Å². The summed E-state index contributed by atoms with van der Waals surface area (Å²) >= 11 is 7.38. The van der Waals surface area contributed by atoms with E-state index in [0.29, 0.717) is 19.0 Å². The normalized spacial score (nSPS) is 12.4.